The SMILES string of the molecule is Nc1cncc(-c2cccnc2Oc2ccc(Nc3ccccn3)cc2)c1. The number of pyridine rings is 3. The minimum Gasteiger partial charge on any atom is -0.438 e. The van der Waals surface area contributed by atoms with Gasteiger partial charge in [-0.1, -0.05) is 6.07 Å². The number of hydrogen-bond donors (Lipinski definition) is 2. The molecule has 0 aliphatic carbocycles. The summed E-state index contributed by atoms with van der Waals surface area (Å²) in [6, 6.07) is 18.9. The zero-order valence-electron chi connectivity index (χ0n) is 14.4. The molecule has 0 aliphatic rings. The van der Waals surface area contributed by atoms with E-state index in [9.17, 15) is 0 Å². The molecule has 0 bridgehead atoms. The summed E-state index contributed by atoms with van der Waals surface area (Å²) < 4.78 is 5.99. The number of hydrogen-bond acceptors (Lipinski definition) is 6. The van der Waals surface area contributed by atoms with Crippen molar-refractivity contribution < 1.29 is 4.74 Å². The summed E-state index contributed by atoms with van der Waals surface area (Å²) in [7, 11) is 0. The molecule has 4 rings (SSSR count). The van der Waals surface area contributed by atoms with Crippen LogP contribution in [0.2, 0.25) is 0 Å². The molecule has 0 radical (unpaired) electrons. The lowest BCUT2D eigenvalue weighted by Gasteiger charge is -2.11. The fourth-order valence-electron chi connectivity index (χ4n) is 2.60. The van der Waals surface area contributed by atoms with E-state index in [0.717, 1.165) is 22.6 Å². The molecule has 132 valence electrons. The standard InChI is InChI=1S/C21H17N5O/c22-16-12-15(13-23-14-16)19-4-3-11-25-21(19)27-18-8-6-17(7-9-18)26-20-5-1-2-10-24-20/h1-14H,22H2,(H,24,26). The molecule has 0 spiro atoms. The van der Waals surface area contributed by atoms with E-state index < -0.39 is 0 Å². The molecule has 4 aromatic rings. The van der Waals surface area contributed by atoms with Gasteiger partial charge in [0.2, 0.25) is 5.88 Å². The summed E-state index contributed by atoms with van der Waals surface area (Å²) in [6.45, 7) is 0. The van der Waals surface area contributed by atoms with Gasteiger partial charge in [0, 0.05) is 41.6 Å². The number of ether oxygens (including phenoxy) is 1. The number of nitrogens with two attached hydrogens (primary N) is 1. The average Bonchev–Trinajstić information content (AvgIpc) is 2.71. The van der Waals surface area contributed by atoms with Crippen molar-refractivity contribution >= 4 is 17.2 Å². The van der Waals surface area contributed by atoms with E-state index in [1.807, 2.05) is 60.7 Å². The Morgan fingerprint density at radius 2 is 1.70 bits per heavy atom. The van der Waals surface area contributed by atoms with Crippen LogP contribution in [0.5, 0.6) is 11.6 Å². The highest BCUT2D eigenvalue weighted by molar-refractivity contribution is 5.70. The highest BCUT2D eigenvalue weighted by atomic mass is 16.5. The monoisotopic (exact) mass is 355 g/mol. The molecule has 3 heterocycles. The molecule has 0 saturated carbocycles. The maximum absolute atomic E-state index is 5.99. The third-order valence-electron chi connectivity index (χ3n) is 3.85. The Morgan fingerprint density at radius 3 is 2.48 bits per heavy atom. The van der Waals surface area contributed by atoms with E-state index in [2.05, 4.69) is 20.3 Å². The van der Waals surface area contributed by atoms with Gasteiger partial charge in [-0.3, -0.25) is 4.98 Å². The lowest BCUT2D eigenvalue weighted by atomic mass is 10.1. The van der Waals surface area contributed by atoms with Gasteiger partial charge in [0.1, 0.15) is 11.6 Å². The molecular weight excluding hydrogens is 338 g/mol. The van der Waals surface area contributed by atoms with Gasteiger partial charge in [-0.2, -0.15) is 0 Å². The van der Waals surface area contributed by atoms with Crippen LogP contribution >= 0.6 is 0 Å². The van der Waals surface area contributed by atoms with Gasteiger partial charge in [-0.05, 0) is 54.6 Å². The van der Waals surface area contributed by atoms with Gasteiger partial charge in [-0.25, -0.2) is 9.97 Å². The van der Waals surface area contributed by atoms with E-state index in [4.69, 9.17) is 10.5 Å². The third kappa shape index (κ3) is 4.01. The van der Waals surface area contributed by atoms with Crippen molar-refractivity contribution in [2.45, 2.75) is 0 Å². The second-order valence-electron chi connectivity index (χ2n) is 5.83. The first kappa shape index (κ1) is 16.5. The number of anilines is 3. The lowest BCUT2D eigenvalue weighted by molar-refractivity contribution is 0.465. The molecule has 6 nitrogen and oxygen atoms in total. The molecule has 0 aliphatic heterocycles. The van der Waals surface area contributed by atoms with Gasteiger partial charge >= 0.3 is 0 Å². The molecule has 1 aromatic carbocycles. The van der Waals surface area contributed by atoms with Crippen molar-refractivity contribution in [1.82, 2.24) is 15.0 Å². The van der Waals surface area contributed by atoms with Crippen molar-refractivity contribution in [3.63, 3.8) is 0 Å². The number of aromatic nitrogens is 3. The van der Waals surface area contributed by atoms with Gasteiger partial charge in [0.05, 0.1) is 5.69 Å². The van der Waals surface area contributed by atoms with Crippen LogP contribution in [0, 0.1) is 0 Å². The highest BCUT2D eigenvalue weighted by Gasteiger charge is 2.09. The van der Waals surface area contributed by atoms with Crippen LogP contribution < -0.4 is 15.8 Å². The summed E-state index contributed by atoms with van der Waals surface area (Å²) >= 11 is 0. The van der Waals surface area contributed by atoms with Gasteiger partial charge in [-0.15, -0.1) is 0 Å². The molecule has 0 atom stereocenters. The molecular formula is C21H17N5O. The molecule has 3 N–H and O–H groups in total. The van der Waals surface area contributed by atoms with Gasteiger partial charge in [0.15, 0.2) is 0 Å². The number of nitrogens with one attached hydrogen (secondary N) is 1. The first-order chi connectivity index (χ1) is 13.3. The van der Waals surface area contributed by atoms with Crippen LogP contribution in [0.15, 0.2) is 85.5 Å². The number of rotatable bonds is 5. The first-order valence-corrected chi connectivity index (χ1v) is 8.40. The van der Waals surface area contributed by atoms with E-state index >= 15 is 0 Å². The normalized spacial score (nSPS) is 10.4. The van der Waals surface area contributed by atoms with E-state index in [1.54, 1.807) is 24.8 Å². The van der Waals surface area contributed by atoms with Gasteiger partial charge < -0.3 is 15.8 Å². The Hall–Kier alpha value is -3.93. The molecule has 0 amide bonds. The van der Waals surface area contributed by atoms with Crippen LogP contribution in [-0.2, 0) is 0 Å². The van der Waals surface area contributed by atoms with Crippen molar-refractivity contribution in [2.24, 2.45) is 0 Å². The quantitative estimate of drug-likeness (QED) is 0.542. The Morgan fingerprint density at radius 1 is 0.852 bits per heavy atom. The average molecular weight is 355 g/mol. The smallest absolute Gasteiger partial charge is 0.227 e. The Kier molecular flexibility index (Phi) is 4.61. The van der Waals surface area contributed by atoms with Crippen molar-refractivity contribution in [2.75, 3.05) is 11.1 Å². The molecule has 0 saturated heterocycles. The van der Waals surface area contributed by atoms with Crippen molar-refractivity contribution in [3.8, 4) is 22.8 Å². The van der Waals surface area contributed by atoms with E-state index in [-0.39, 0.29) is 0 Å². The zero-order chi connectivity index (χ0) is 18.5. The van der Waals surface area contributed by atoms with Gasteiger partial charge in [0.25, 0.3) is 0 Å². The van der Waals surface area contributed by atoms with Crippen LogP contribution in [0.1, 0.15) is 0 Å². The minimum atomic E-state index is 0.496. The molecule has 6 heteroatoms. The molecule has 3 aromatic heterocycles. The Bertz CT molecular complexity index is 1040. The second kappa shape index (κ2) is 7.53. The lowest BCUT2D eigenvalue weighted by Crippen LogP contribution is -1.94. The number of benzene rings is 1. The third-order valence-corrected chi connectivity index (χ3v) is 3.85. The molecule has 0 fully saturated rings. The maximum Gasteiger partial charge on any atom is 0.227 e. The van der Waals surface area contributed by atoms with Crippen LogP contribution in [0.25, 0.3) is 11.1 Å². The predicted octanol–water partition coefficient (Wildman–Crippen LogP) is 4.66. The fourth-order valence-corrected chi connectivity index (χ4v) is 2.60. The summed E-state index contributed by atoms with van der Waals surface area (Å²) in [4.78, 5) is 12.7. The van der Waals surface area contributed by atoms with E-state index in [1.165, 1.54) is 0 Å². The van der Waals surface area contributed by atoms with Crippen molar-refractivity contribution in [3.05, 3.63) is 85.5 Å². The van der Waals surface area contributed by atoms with E-state index in [0.29, 0.717) is 17.3 Å². The Labute approximate surface area is 156 Å². The van der Waals surface area contributed by atoms with Crippen molar-refractivity contribution in [1.29, 1.82) is 0 Å². The Balaban J connectivity index is 1.55. The highest BCUT2D eigenvalue weighted by Crippen LogP contribution is 2.32. The first-order valence-electron chi connectivity index (χ1n) is 8.40. The largest absolute Gasteiger partial charge is 0.438 e. The summed E-state index contributed by atoms with van der Waals surface area (Å²) in [5.74, 6) is 1.96. The summed E-state index contributed by atoms with van der Waals surface area (Å²) in [5, 5.41) is 3.23. The van der Waals surface area contributed by atoms with Crippen LogP contribution in [0.3, 0.4) is 0 Å². The predicted molar refractivity (Wildman–Crippen MR) is 106 cm³/mol. The second-order valence-corrected chi connectivity index (χ2v) is 5.83. The van der Waals surface area contributed by atoms with Crippen LogP contribution in [0.4, 0.5) is 17.2 Å². The number of nitrogen functional groups attached to an aromatic ring is 1. The molecule has 27 heavy (non-hydrogen) atoms. The zero-order valence-corrected chi connectivity index (χ0v) is 14.4. The fraction of sp³-hybridized carbons (Fsp3) is 0. The summed E-state index contributed by atoms with van der Waals surface area (Å²) in [5.41, 5.74) is 9.03. The molecule has 0 unspecified atom stereocenters. The summed E-state index contributed by atoms with van der Waals surface area (Å²) in [6.07, 6.45) is 6.77. The maximum atomic E-state index is 5.99. The topological polar surface area (TPSA) is 86.0 Å². The minimum absolute atomic E-state index is 0.496. The number of nitrogens with zero attached hydrogens (tertiary/aromatic N) is 3. The van der Waals surface area contributed by atoms with Crippen LogP contribution in [-0.4, -0.2) is 15.0 Å².